The van der Waals surface area contributed by atoms with E-state index >= 15 is 0 Å². The number of benzene rings is 1. The summed E-state index contributed by atoms with van der Waals surface area (Å²) in [6.07, 6.45) is 0. The smallest absolute Gasteiger partial charge is 0.119 e. The molecule has 1 aliphatic rings. The molecule has 4 nitrogen and oxygen atoms in total. The predicted molar refractivity (Wildman–Crippen MR) is 82.6 cm³/mol. The Balaban J connectivity index is 1.73. The zero-order chi connectivity index (χ0) is 14.4. The number of hydrogen-bond acceptors (Lipinski definition) is 4. The highest BCUT2D eigenvalue weighted by Gasteiger charge is 2.10. The van der Waals surface area contributed by atoms with Gasteiger partial charge in [-0.1, -0.05) is 0 Å². The Labute approximate surface area is 122 Å². The minimum absolute atomic E-state index is 0.0821. The Bertz CT molecular complexity index is 392. The van der Waals surface area contributed by atoms with Gasteiger partial charge in [-0.2, -0.15) is 0 Å². The van der Waals surface area contributed by atoms with Crippen molar-refractivity contribution in [1.82, 2.24) is 4.90 Å². The maximum Gasteiger partial charge on any atom is 0.119 e. The first-order chi connectivity index (χ1) is 9.53. The van der Waals surface area contributed by atoms with Crippen molar-refractivity contribution in [3.63, 3.8) is 0 Å². The monoisotopic (exact) mass is 278 g/mol. The van der Waals surface area contributed by atoms with E-state index in [0.717, 1.165) is 50.9 Å². The first-order valence-electron chi connectivity index (χ1n) is 7.34. The summed E-state index contributed by atoms with van der Waals surface area (Å²) in [4.78, 5) is 2.37. The van der Waals surface area contributed by atoms with Crippen LogP contribution in [0.5, 0.6) is 5.75 Å². The number of anilines is 1. The number of morpholine rings is 1. The topological polar surface area (TPSA) is 33.7 Å². The first-order valence-corrected chi connectivity index (χ1v) is 7.34. The summed E-state index contributed by atoms with van der Waals surface area (Å²) in [6, 6.07) is 8.17. The molecule has 0 saturated carbocycles. The van der Waals surface area contributed by atoms with Crippen molar-refractivity contribution in [3.8, 4) is 5.75 Å². The molecule has 0 unspecified atom stereocenters. The van der Waals surface area contributed by atoms with Crippen molar-refractivity contribution in [3.05, 3.63) is 24.3 Å². The number of nitrogens with zero attached hydrogens (tertiary/aromatic N) is 1. The molecule has 1 saturated heterocycles. The fourth-order valence-corrected chi connectivity index (χ4v) is 2.18. The molecule has 1 aliphatic heterocycles. The molecule has 112 valence electrons. The first kappa shape index (κ1) is 15.1. The normalized spacial score (nSPS) is 16.9. The summed E-state index contributed by atoms with van der Waals surface area (Å²) in [7, 11) is 0. The molecule has 0 aliphatic carbocycles. The highest BCUT2D eigenvalue weighted by atomic mass is 16.5. The lowest BCUT2D eigenvalue weighted by molar-refractivity contribution is 0.0322. The quantitative estimate of drug-likeness (QED) is 0.897. The van der Waals surface area contributed by atoms with Gasteiger partial charge in [-0.05, 0) is 45.0 Å². The molecule has 1 aromatic carbocycles. The highest BCUT2D eigenvalue weighted by Crippen LogP contribution is 2.19. The lowest BCUT2D eigenvalue weighted by atomic mass is 10.1. The third-order valence-electron chi connectivity index (χ3n) is 3.15. The van der Waals surface area contributed by atoms with Crippen LogP contribution in [0.1, 0.15) is 20.8 Å². The van der Waals surface area contributed by atoms with Crippen molar-refractivity contribution in [1.29, 1.82) is 0 Å². The highest BCUT2D eigenvalue weighted by molar-refractivity contribution is 5.47. The van der Waals surface area contributed by atoms with Gasteiger partial charge in [-0.15, -0.1) is 0 Å². The van der Waals surface area contributed by atoms with E-state index in [1.54, 1.807) is 0 Å². The van der Waals surface area contributed by atoms with Crippen LogP contribution in [0.15, 0.2) is 24.3 Å². The molecule has 4 heteroatoms. The molecule has 0 amide bonds. The van der Waals surface area contributed by atoms with Crippen LogP contribution < -0.4 is 10.1 Å². The van der Waals surface area contributed by atoms with Crippen molar-refractivity contribution in [2.45, 2.75) is 26.3 Å². The molecule has 1 aromatic rings. The van der Waals surface area contributed by atoms with Crippen LogP contribution in [0.4, 0.5) is 5.69 Å². The molecule has 0 aromatic heterocycles. The molecule has 0 radical (unpaired) electrons. The Morgan fingerprint density at radius 3 is 2.40 bits per heavy atom. The van der Waals surface area contributed by atoms with E-state index < -0.39 is 0 Å². The molecule has 0 bridgehead atoms. The van der Waals surface area contributed by atoms with Gasteiger partial charge in [-0.25, -0.2) is 0 Å². The second-order valence-electron chi connectivity index (χ2n) is 6.20. The van der Waals surface area contributed by atoms with Gasteiger partial charge in [0.15, 0.2) is 0 Å². The SMILES string of the molecule is CC(C)(C)Nc1ccc(OCCN2CCOCC2)cc1. The van der Waals surface area contributed by atoms with E-state index in [0.29, 0.717) is 0 Å². The van der Waals surface area contributed by atoms with Gasteiger partial charge in [0.25, 0.3) is 0 Å². The van der Waals surface area contributed by atoms with Gasteiger partial charge in [0.1, 0.15) is 12.4 Å². The van der Waals surface area contributed by atoms with Crippen molar-refractivity contribution in [2.75, 3.05) is 44.8 Å². The molecule has 1 heterocycles. The van der Waals surface area contributed by atoms with Crippen LogP contribution in [0.3, 0.4) is 0 Å². The van der Waals surface area contributed by atoms with Crippen LogP contribution in [0.2, 0.25) is 0 Å². The minimum atomic E-state index is 0.0821. The third-order valence-corrected chi connectivity index (χ3v) is 3.15. The summed E-state index contributed by atoms with van der Waals surface area (Å²) >= 11 is 0. The van der Waals surface area contributed by atoms with Crippen LogP contribution in [-0.4, -0.2) is 49.9 Å². The third kappa shape index (κ3) is 5.39. The molecule has 20 heavy (non-hydrogen) atoms. The lowest BCUT2D eigenvalue weighted by Crippen LogP contribution is -2.38. The summed E-state index contributed by atoms with van der Waals surface area (Å²) < 4.78 is 11.1. The van der Waals surface area contributed by atoms with Crippen LogP contribution in [0.25, 0.3) is 0 Å². The van der Waals surface area contributed by atoms with Crippen molar-refractivity contribution >= 4 is 5.69 Å². The van der Waals surface area contributed by atoms with Crippen LogP contribution >= 0.6 is 0 Å². The number of ether oxygens (including phenoxy) is 2. The number of hydrogen-bond donors (Lipinski definition) is 1. The number of rotatable bonds is 5. The molecule has 1 fully saturated rings. The molecule has 1 N–H and O–H groups in total. The molecule has 0 atom stereocenters. The number of nitrogens with one attached hydrogen (secondary N) is 1. The van der Waals surface area contributed by atoms with Gasteiger partial charge >= 0.3 is 0 Å². The Morgan fingerprint density at radius 2 is 1.80 bits per heavy atom. The van der Waals surface area contributed by atoms with Gasteiger partial charge in [0, 0.05) is 30.9 Å². The predicted octanol–water partition coefficient (Wildman–Crippen LogP) is 2.61. The summed E-state index contributed by atoms with van der Waals surface area (Å²) in [5.74, 6) is 0.928. The Kier molecular flexibility index (Phi) is 5.26. The maximum absolute atomic E-state index is 5.78. The second-order valence-corrected chi connectivity index (χ2v) is 6.20. The lowest BCUT2D eigenvalue weighted by Gasteiger charge is -2.26. The van der Waals surface area contributed by atoms with E-state index in [-0.39, 0.29) is 5.54 Å². The zero-order valence-electron chi connectivity index (χ0n) is 12.8. The Hall–Kier alpha value is -1.26. The van der Waals surface area contributed by atoms with E-state index in [9.17, 15) is 0 Å². The van der Waals surface area contributed by atoms with Crippen molar-refractivity contribution in [2.24, 2.45) is 0 Å². The average Bonchev–Trinajstić information content (AvgIpc) is 2.40. The average molecular weight is 278 g/mol. The minimum Gasteiger partial charge on any atom is -0.492 e. The fraction of sp³-hybridized carbons (Fsp3) is 0.625. The summed E-state index contributed by atoms with van der Waals surface area (Å²) in [6.45, 7) is 11.9. The van der Waals surface area contributed by atoms with Gasteiger partial charge < -0.3 is 14.8 Å². The molecular formula is C16H26N2O2. The zero-order valence-corrected chi connectivity index (χ0v) is 12.8. The van der Waals surface area contributed by atoms with Crippen LogP contribution in [-0.2, 0) is 4.74 Å². The molecule has 2 rings (SSSR count). The fourth-order valence-electron chi connectivity index (χ4n) is 2.18. The van der Waals surface area contributed by atoms with Gasteiger partial charge in [-0.3, -0.25) is 4.90 Å². The van der Waals surface area contributed by atoms with Gasteiger partial charge in [0.2, 0.25) is 0 Å². The van der Waals surface area contributed by atoms with E-state index in [4.69, 9.17) is 9.47 Å². The van der Waals surface area contributed by atoms with E-state index in [1.165, 1.54) is 0 Å². The molecular weight excluding hydrogens is 252 g/mol. The summed E-state index contributed by atoms with van der Waals surface area (Å²) in [5.41, 5.74) is 1.21. The second kappa shape index (κ2) is 6.95. The van der Waals surface area contributed by atoms with Crippen molar-refractivity contribution < 1.29 is 9.47 Å². The van der Waals surface area contributed by atoms with Crippen LogP contribution in [0, 0.1) is 0 Å². The molecule has 0 spiro atoms. The standard InChI is InChI=1S/C16H26N2O2/c1-16(2,3)17-14-4-6-15(7-5-14)20-13-10-18-8-11-19-12-9-18/h4-7,17H,8-13H2,1-3H3. The maximum atomic E-state index is 5.78. The summed E-state index contributed by atoms with van der Waals surface area (Å²) in [5, 5.41) is 3.44. The van der Waals surface area contributed by atoms with E-state index in [1.807, 2.05) is 12.1 Å². The van der Waals surface area contributed by atoms with Gasteiger partial charge in [0.05, 0.1) is 13.2 Å². The Morgan fingerprint density at radius 1 is 1.15 bits per heavy atom. The largest absolute Gasteiger partial charge is 0.492 e. The van der Waals surface area contributed by atoms with E-state index in [2.05, 4.69) is 43.1 Å².